The molecule has 1 saturated carbocycles. The SMILES string of the molecule is CCn1c(=O)c(-c2ccc(C3CC3)cc2F)cc2cnc(Nc3ccc(C4CCCNC4)cc3)nc21. The van der Waals surface area contributed by atoms with Gasteiger partial charge in [0.1, 0.15) is 11.5 Å². The summed E-state index contributed by atoms with van der Waals surface area (Å²) in [4.78, 5) is 22.5. The highest BCUT2D eigenvalue weighted by atomic mass is 19.1. The lowest BCUT2D eigenvalue weighted by Gasteiger charge is -2.23. The molecule has 1 aliphatic heterocycles. The fourth-order valence-corrected chi connectivity index (χ4v) is 5.23. The molecule has 1 unspecified atom stereocenters. The molecule has 0 radical (unpaired) electrons. The number of rotatable bonds is 6. The molecule has 2 aromatic carbocycles. The van der Waals surface area contributed by atoms with Crippen molar-refractivity contribution >= 4 is 22.7 Å². The van der Waals surface area contributed by atoms with Crippen molar-refractivity contribution in [1.82, 2.24) is 19.9 Å². The Bertz CT molecular complexity index is 1470. The molecular formula is C29H30FN5O. The van der Waals surface area contributed by atoms with E-state index in [-0.39, 0.29) is 11.4 Å². The molecule has 2 N–H and O–H groups in total. The Balaban J connectivity index is 1.30. The summed E-state index contributed by atoms with van der Waals surface area (Å²) in [5.74, 6) is 1.07. The van der Waals surface area contributed by atoms with Crippen molar-refractivity contribution in [2.75, 3.05) is 18.4 Å². The summed E-state index contributed by atoms with van der Waals surface area (Å²) in [5, 5.41) is 7.42. The van der Waals surface area contributed by atoms with Gasteiger partial charge in [-0.1, -0.05) is 24.3 Å². The lowest BCUT2D eigenvalue weighted by molar-refractivity contribution is 0.461. The van der Waals surface area contributed by atoms with E-state index in [9.17, 15) is 4.79 Å². The number of hydrogen-bond acceptors (Lipinski definition) is 5. The number of nitrogens with one attached hydrogen (secondary N) is 2. The van der Waals surface area contributed by atoms with Crippen LogP contribution in [-0.4, -0.2) is 27.6 Å². The van der Waals surface area contributed by atoms with E-state index in [1.54, 1.807) is 29.0 Å². The molecule has 0 spiro atoms. The van der Waals surface area contributed by atoms with Crippen molar-refractivity contribution in [2.24, 2.45) is 0 Å². The van der Waals surface area contributed by atoms with Crippen LogP contribution in [0.25, 0.3) is 22.2 Å². The van der Waals surface area contributed by atoms with Crippen molar-refractivity contribution in [3.63, 3.8) is 0 Å². The predicted molar refractivity (Wildman–Crippen MR) is 141 cm³/mol. The van der Waals surface area contributed by atoms with Crippen molar-refractivity contribution in [2.45, 2.75) is 51.0 Å². The number of aromatic nitrogens is 3. The third kappa shape index (κ3) is 4.39. The molecule has 2 aromatic heterocycles. The maximum Gasteiger partial charge on any atom is 0.260 e. The highest BCUT2D eigenvalue weighted by molar-refractivity contribution is 5.82. The molecule has 7 heteroatoms. The molecule has 1 atom stereocenters. The normalized spacial score (nSPS) is 17.9. The van der Waals surface area contributed by atoms with Crippen molar-refractivity contribution < 1.29 is 4.39 Å². The van der Waals surface area contributed by atoms with Crippen LogP contribution in [0.1, 0.15) is 55.6 Å². The van der Waals surface area contributed by atoms with Gasteiger partial charge in [-0.15, -0.1) is 0 Å². The van der Waals surface area contributed by atoms with Gasteiger partial charge in [-0.2, -0.15) is 4.98 Å². The van der Waals surface area contributed by atoms with E-state index >= 15 is 4.39 Å². The number of anilines is 2. The first-order valence-electron chi connectivity index (χ1n) is 12.9. The zero-order chi connectivity index (χ0) is 24.6. The molecule has 2 fully saturated rings. The highest BCUT2D eigenvalue weighted by Gasteiger charge is 2.25. The fourth-order valence-electron chi connectivity index (χ4n) is 5.23. The Morgan fingerprint density at radius 3 is 2.53 bits per heavy atom. The predicted octanol–water partition coefficient (Wildman–Crippen LogP) is 5.71. The molecule has 36 heavy (non-hydrogen) atoms. The lowest BCUT2D eigenvalue weighted by Crippen LogP contribution is -2.28. The number of pyridine rings is 1. The summed E-state index contributed by atoms with van der Waals surface area (Å²) in [6.45, 7) is 4.43. The smallest absolute Gasteiger partial charge is 0.260 e. The first kappa shape index (κ1) is 22.9. The number of hydrogen-bond donors (Lipinski definition) is 2. The van der Waals surface area contributed by atoms with Crippen molar-refractivity contribution in [3.05, 3.63) is 82.0 Å². The third-order valence-electron chi connectivity index (χ3n) is 7.41. The Labute approximate surface area is 209 Å². The Morgan fingerprint density at radius 1 is 1.03 bits per heavy atom. The summed E-state index contributed by atoms with van der Waals surface area (Å²) < 4.78 is 16.6. The first-order valence-corrected chi connectivity index (χ1v) is 12.9. The van der Waals surface area contributed by atoms with Crippen LogP contribution >= 0.6 is 0 Å². The molecule has 4 aromatic rings. The summed E-state index contributed by atoms with van der Waals surface area (Å²) in [6, 6.07) is 15.3. The van der Waals surface area contributed by atoms with Gasteiger partial charge < -0.3 is 10.6 Å². The summed E-state index contributed by atoms with van der Waals surface area (Å²) in [7, 11) is 0. The van der Waals surface area contributed by atoms with Gasteiger partial charge in [-0.3, -0.25) is 9.36 Å². The lowest BCUT2D eigenvalue weighted by atomic mass is 9.92. The molecule has 0 amide bonds. The molecule has 184 valence electrons. The van der Waals surface area contributed by atoms with Crippen LogP contribution in [0.3, 0.4) is 0 Å². The van der Waals surface area contributed by atoms with Crippen LogP contribution in [0.5, 0.6) is 0 Å². The van der Waals surface area contributed by atoms with Crippen LogP contribution in [0, 0.1) is 5.82 Å². The summed E-state index contributed by atoms with van der Waals surface area (Å²) in [5.41, 5.74) is 4.17. The third-order valence-corrected chi connectivity index (χ3v) is 7.41. The molecular weight excluding hydrogens is 453 g/mol. The molecule has 1 aliphatic carbocycles. The number of benzene rings is 2. The zero-order valence-electron chi connectivity index (χ0n) is 20.4. The monoisotopic (exact) mass is 483 g/mol. The van der Waals surface area contributed by atoms with E-state index in [1.807, 2.05) is 25.1 Å². The minimum absolute atomic E-state index is 0.252. The number of piperidine rings is 1. The van der Waals surface area contributed by atoms with Crippen molar-refractivity contribution in [1.29, 1.82) is 0 Å². The second kappa shape index (κ2) is 9.47. The standard InChI is InChI=1S/C29H30FN5O/c1-2-35-27-22(14-25(28(35)36)24-12-9-20(15-26(24)30)18-5-6-18)17-32-29(34-27)33-23-10-7-19(8-11-23)21-4-3-13-31-16-21/h7-12,14-15,17-18,21,31H,2-6,13,16H2,1H3,(H,32,33,34). The van der Waals surface area contributed by atoms with E-state index in [1.165, 1.54) is 18.4 Å². The van der Waals surface area contributed by atoms with Crippen LogP contribution in [-0.2, 0) is 6.54 Å². The summed E-state index contributed by atoms with van der Waals surface area (Å²) in [6.07, 6.45) is 6.31. The van der Waals surface area contributed by atoms with Gasteiger partial charge in [0.15, 0.2) is 0 Å². The van der Waals surface area contributed by atoms with Crippen LogP contribution in [0.4, 0.5) is 16.0 Å². The van der Waals surface area contributed by atoms with Gasteiger partial charge in [-0.05, 0) is 86.4 Å². The van der Waals surface area contributed by atoms with E-state index in [2.05, 4.69) is 32.7 Å². The molecule has 2 aliphatic rings. The number of halogens is 1. The van der Waals surface area contributed by atoms with Gasteiger partial charge in [-0.25, -0.2) is 9.37 Å². The second-order valence-electron chi connectivity index (χ2n) is 9.88. The van der Waals surface area contributed by atoms with Crippen LogP contribution in [0.15, 0.2) is 59.5 Å². The van der Waals surface area contributed by atoms with Gasteiger partial charge in [0.2, 0.25) is 5.95 Å². The second-order valence-corrected chi connectivity index (χ2v) is 9.88. The Kier molecular flexibility index (Phi) is 6.01. The Hall–Kier alpha value is -3.58. The molecule has 1 saturated heterocycles. The van der Waals surface area contributed by atoms with Gasteiger partial charge in [0.05, 0.1) is 5.56 Å². The van der Waals surface area contributed by atoms with Gasteiger partial charge in [0, 0.05) is 35.9 Å². The van der Waals surface area contributed by atoms with Crippen LogP contribution in [0.2, 0.25) is 0 Å². The van der Waals surface area contributed by atoms with Crippen LogP contribution < -0.4 is 16.2 Å². The number of aryl methyl sites for hydroxylation is 1. The maximum atomic E-state index is 15.0. The van der Waals surface area contributed by atoms with E-state index < -0.39 is 0 Å². The van der Waals surface area contributed by atoms with Gasteiger partial charge in [0.25, 0.3) is 5.56 Å². The minimum atomic E-state index is -0.356. The Morgan fingerprint density at radius 2 is 1.83 bits per heavy atom. The fraction of sp³-hybridized carbons (Fsp3) is 0.345. The van der Waals surface area contributed by atoms with E-state index in [0.717, 1.165) is 37.2 Å². The zero-order valence-corrected chi connectivity index (χ0v) is 20.4. The largest absolute Gasteiger partial charge is 0.324 e. The number of fused-ring (bicyclic) bond motifs is 1. The minimum Gasteiger partial charge on any atom is -0.324 e. The van der Waals surface area contributed by atoms with Gasteiger partial charge >= 0.3 is 0 Å². The quantitative estimate of drug-likeness (QED) is 0.368. The van der Waals surface area contributed by atoms with E-state index in [4.69, 9.17) is 0 Å². The highest BCUT2D eigenvalue weighted by Crippen LogP contribution is 2.41. The molecule has 6 nitrogen and oxygen atoms in total. The van der Waals surface area contributed by atoms with Crippen molar-refractivity contribution in [3.8, 4) is 11.1 Å². The average molecular weight is 484 g/mol. The average Bonchev–Trinajstić information content (AvgIpc) is 3.75. The maximum absolute atomic E-state index is 15.0. The number of nitrogens with zero attached hydrogens (tertiary/aromatic N) is 3. The molecule has 3 heterocycles. The first-order chi connectivity index (χ1) is 17.6. The topological polar surface area (TPSA) is 71.8 Å². The molecule has 0 bridgehead atoms. The summed E-state index contributed by atoms with van der Waals surface area (Å²) >= 11 is 0. The molecule has 6 rings (SSSR count). The van der Waals surface area contributed by atoms with E-state index in [0.29, 0.717) is 46.5 Å².